The molecule has 0 aliphatic rings. The number of aromatic amines is 1. The van der Waals surface area contributed by atoms with Crippen LogP contribution in [0.2, 0.25) is 0 Å². The van der Waals surface area contributed by atoms with Gasteiger partial charge in [0.2, 0.25) is 0 Å². The number of aromatic nitrogens is 1. The van der Waals surface area contributed by atoms with Gasteiger partial charge in [0.25, 0.3) is 5.91 Å². The van der Waals surface area contributed by atoms with Gasteiger partial charge in [0.05, 0.1) is 20.3 Å². The van der Waals surface area contributed by atoms with Crippen LogP contribution in [0.1, 0.15) is 22.0 Å². The topological polar surface area (TPSA) is 87.1 Å². The van der Waals surface area contributed by atoms with Crippen molar-refractivity contribution in [1.82, 2.24) is 10.3 Å². The first kappa shape index (κ1) is 16.4. The maximum atomic E-state index is 12.5. The Morgan fingerprint density at radius 1 is 1.16 bits per heavy atom. The molecule has 0 saturated carbocycles. The van der Waals surface area contributed by atoms with Crippen LogP contribution in [-0.4, -0.2) is 25.1 Å². The van der Waals surface area contributed by atoms with Crippen LogP contribution >= 0.6 is 0 Å². The molecule has 0 radical (unpaired) electrons. The van der Waals surface area contributed by atoms with E-state index < -0.39 is 6.04 Å². The molecule has 3 rings (SSSR count). The monoisotopic (exact) mass is 335 g/mol. The van der Waals surface area contributed by atoms with Crippen LogP contribution in [0.15, 0.2) is 48.7 Å². The van der Waals surface area contributed by atoms with E-state index in [1.165, 1.54) is 7.11 Å². The Kier molecular flexibility index (Phi) is 4.57. The van der Waals surface area contributed by atoms with E-state index in [0.29, 0.717) is 22.6 Å². The van der Waals surface area contributed by atoms with E-state index in [1.807, 2.05) is 18.3 Å². The number of nitrogens with zero attached hydrogens (tertiary/aromatic N) is 1. The fourth-order valence-electron chi connectivity index (χ4n) is 2.65. The lowest BCUT2D eigenvalue weighted by Crippen LogP contribution is -2.27. The molecule has 1 amide bonds. The number of nitriles is 1. The molecule has 1 aromatic heterocycles. The molecule has 6 heteroatoms. The van der Waals surface area contributed by atoms with Gasteiger partial charge in [-0.3, -0.25) is 4.79 Å². The average Bonchev–Trinajstić information content (AvgIpc) is 3.13. The van der Waals surface area contributed by atoms with Crippen molar-refractivity contribution in [3.8, 4) is 17.6 Å². The highest BCUT2D eigenvalue weighted by atomic mass is 16.5. The number of nitrogens with one attached hydrogen (secondary N) is 2. The maximum absolute atomic E-state index is 12.5. The lowest BCUT2D eigenvalue weighted by Gasteiger charge is -2.16. The molecule has 2 aromatic carbocycles. The van der Waals surface area contributed by atoms with Crippen molar-refractivity contribution in [2.45, 2.75) is 6.04 Å². The third-order valence-corrected chi connectivity index (χ3v) is 3.97. The first-order valence-corrected chi connectivity index (χ1v) is 7.66. The Hall–Kier alpha value is -3.46. The highest BCUT2D eigenvalue weighted by Gasteiger charge is 2.19. The van der Waals surface area contributed by atoms with E-state index >= 15 is 0 Å². The number of carbonyl (C=O) groups excluding carboxylic acids is 1. The van der Waals surface area contributed by atoms with E-state index in [-0.39, 0.29) is 5.91 Å². The number of hydrogen-bond donors (Lipinski definition) is 2. The summed E-state index contributed by atoms with van der Waals surface area (Å²) in [4.78, 5) is 15.6. The van der Waals surface area contributed by atoms with E-state index in [0.717, 1.165) is 10.9 Å². The molecule has 25 heavy (non-hydrogen) atoms. The molecule has 0 unspecified atom stereocenters. The predicted octanol–water partition coefficient (Wildman–Crippen LogP) is 3.18. The molecule has 0 saturated heterocycles. The van der Waals surface area contributed by atoms with Crippen LogP contribution in [0.3, 0.4) is 0 Å². The number of methoxy groups -OCH3 is 2. The van der Waals surface area contributed by atoms with Gasteiger partial charge in [-0.05, 0) is 36.4 Å². The predicted molar refractivity (Wildman–Crippen MR) is 93.7 cm³/mol. The summed E-state index contributed by atoms with van der Waals surface area (Å²) in [6.07, 6.45) is 1.81. The van der Waals surface area contributed by atoms with Crippen LogP contribution < -0.4 is 14.8 Å². The maximum Gasteiger partial charge on any atom is 0.252 e. The Bertz CT molecular complexity index is 956. The second kappa shape index (κ2) is 6.97. The molecule has 0 bridgehead atoms. The molecule has 6 nitrogen and oxygen atoms in total. The Morgan fingerprint density at radius 2 is 2.00 bits per heavy atom. The SMILES string of the molecule is COc1ccc([C@H](C#N)NC(=O)c2ccc3[nH]ccc3c2)c(OC)c1. The summed E-state index contributed by atoms with van der Waals surface area (Å²) in [6, 6.07) is 13.6. The normalized spacial score (nSPS) is 11.6. The van der Waals surface area contributed by atoms with Gasteiger partial charge in [-0.1, -0.05) is 0 Å². The second-order valence-electron chi connectivity index (χ2n) is 5.42. The summed E-state index contributed by atoms with van der Waals surface area (Å²) >= 11 is 0. The number of hydrogen-bond acceptors (Lipinski definition) is 4. The van der Waals surface area contributed by atoms with E-state index in [9.17, 15) is 10.1 Å². The minimum absolute atomic E-state index is 0.326. The Labute approximate surface area is 145 Å². The summed E-state index contributed by atoms with van der Waals surface area (Å²) in [6.45, 7) is 0. The standard InChI is InChI=1S/C19H17N3O3/c1-24-14-4-5-15(18(10-14)25-2)17(11-20)22-19(23)13-3-6-16-12(9-13)7-8-21-16/h3-10,17,21H,1-2H3,(H,22,23)/t17-/m0/s1. The lowest BCUT2D eigenvalue weighted by atomic mass is 10.1. The third kappa shape index (κ3) is 3.26. The van der Waals surface area contributed by atoms with Crippen molar-refractivity contribution in [1.29, 1.82) is 5.26 Å². The van der Waals surface area contributed by atoms with Crippen LogP contribution in [0, 0.1) is 11.3 Å². The first-order valence-electron chi connectivity index (χ1n) is 7.66. The van der Waals surface area contributed by atoms with Gasteiger partial charge in [0.1, 0.15) is 17.5 Å². The van der Waals surface area contributed by atoms with Gasteiger partial charge >= 0.3 is 0 Å². The number of ether oxygens (including phenoxy) is 2. The summed E-state index contributed by atoms with van der Waals surface area (Å²) in [5.74, 6) is 0.765. The minimum atomic E-state index is -0.838. The smallest absolute Gasteiger partial charge is 0.252 e. The summed E-state index contributed by atoms with van der Waals surface area (Å²) < 4.78 is 10.5. The highest BCUT2D eigenvalue weighted by Crippen LogP contribution is 2.29. The van der Waals surface area contributed by atoms with E-state index in [2.05, 4.69) is 16.4 Å². The second-order valence-corrected chi connectivity index (χ2v) is 5.42. The molecular formula is C19H17N3O3. The Balaban J connectivity index is 1.86. The molecule has 2 N–H and O–H groups in total. The molecule has 3 aromatic rings. The van der Waals surface area contributed by atoms with Crippen LogP contribution in [-0.2, 0) is 0 Å². The molecule has 0 aliphatic heterocycles. The number of benzene rings is 2. The van der Waals surface area contributed by atoms with Gasteiger partial charge < -0.3 is 19.8 Å². The summed E-state index contributed by atoms with van der Waals surface area (Å²) in [5, 5.41) is 13.2. The van der Waals surface area contributed by atoms with Crippen molar-refractivity contribution < 1.29 is 14.3 Å². The number of fused-ring (bicyclic) bond motifs is 1. The quantitative estimate of drug-likeness (QED) is 0.750. The van der Waals surface area contributed by atoms with Crippen LogP contribution in [0.5, 0.6) is 11.5 Å². The largest absolute Gasteiger partial charge is 0.497 e. The van der Waals surface area contributed by atoms with Crippen molar-refractivity contribution in [2.24, 2.45) is 0 Å². The molecule has 1 heterocycles. The lowest BCUT2D eigenvalue weighted by molar-refractivity contribution is 0.0945. The first-order chi connectivity index (χ1) is 12.2. The zero-order chi connectivity index (χ0) is 17.8. The summed E-state index contributed by atoms with van der Waals surface area (Å²) in [7, 11) is 3.06. The fourth-order valence-corrected chi connectivity index (χ4v) is 2.65. The molecule has 126 valence electrons. The average molecular weight is 335 g/mol. The number of H-pyrrole nitrogens is 1. The number of amides is 1. The third-order valence-electron chi connectivity index (χ3n) is 3.97. The van der Waals surface area contributed by atoms with E-state index in [1.54, 1.807) is 37.4 Å². The zero-order valence-corrected chi connectivity index (χ0v) is 13.9. The van der Waals surface area contributed by atoms with Crippen molar-refractivity contribution in [3.63, 3.8) is 0 Å². The van der Waals surface area contributed by atoms with Crippen molar-refractivity contribution in [3.05, 3.63) is 59.8 Å². The highest BCUT2D eigenvalue weighted by molar-refractivity contribution is 5.98. The molecular weight excluding hydrogens is 318 g/mol. The summed E-state index contributed by atoms with van der Waals surface area (Å²) in [5.41, 5.74) is 2.01. The molecule has 0 aliphatic carbocycles. The van der Waals surface area contributed by atoms with Gasteiger partial charge in [-0.15, -0.1) is 0 Å². The van der Waals surface area contributed by atoms with Crippen molar-refractivity contribution >= 4 is 16.8 Å². The minimum Gasteiger partial charge on any atom is -0.497 e. The van der Waals surface area contributed by atoms with Gasteiger partial charge in [0, 0.05) is 34.3 Å². The van der Waals surface area contributed by atoms with E-state index in [4.69, 9.17) is 9.47 Å². The van der Waals surface area contributed by atoms with Crippen LogP contribution in [0.4, 0.5) is 0 Å². The Morgan fingerprint density at radius 3 is 2.72 bits per heavy atom. The fraction of sp³-hybridized carbons (Fsp3) is 0.158. The van der Waals surface area contributed by atoms with Gasteiger partial charge in [-0.25, -0.2) is 0 Å². The molecule has 1 atom stereocenters. The number of rotatable bonds is 5. The van der Waals surface area contributed by atoms with Gasteiger partial charge in [-0.2, -0.15) is 5.26 Å². The molecule has 0 fully saturated rings. The van der Waals surface area contributed by atoms with Gasteiger partial charge in [0.15, 0.2) is 0 Å². The molecule has 0 spiro atoms. The zero-order valence-electron chi connectivity index (χ0n) is 13.9. The van der Waals surface area contributed by atoms with Crippen LogP contribution in [0.25, 0.3) is 10.9 Å². The number of carbonyl (C=O) groups is 1. The van der Waals surface area contributed by atoms with Crippen molar-refractivity contribution in [2.75, 3.05) is 14.2 Å².